The average molecular weight is 430 g/mol. The van der Waals surface area contributed by atoms with Gasteiger partial charge in [0.25, 0.3) is 11.8 Å². The highest BCUT2D eigenvalue weighted by molar-refractivity contribution is 6.06. The first-order valence-corrected chi connectivity index (χ1v) is 9.90. The lowest BCUT2D eigenvalue weighted by Gasteiger charge is -2.27. The van der Waals surface area contributed by atoms with E-state index in [4.69, 9.17) is 4.74 Å². The Morgan fingerprint density at radius 3 is 2.38 bits per heavy atom. The minimum atomic E-state index is -0.349. The van der Waals surface area contributed by atoms with Crippen molar-refractivity contribution in [2.75, 3.05) is 26.1 Å². The highest BCUT2D eigenvalue weighted by atomic mass is 16.5. The van der Waals surface area contributed by atoms with E-state index in [0.717, 1.165) is 0 Å². The molecule has 0 spiro atoms. The van der Waals surface area contributed by atoms with Crippen molar-refractivity contribution in [3.63, 3.8) is 0 Å². The summed E-state index contributed by atoms with van der Waals surface area (Å²) >= 11 is 0. The highest BCUT2D eigenvalue weighted by Crippen LogP contribution is 2.41. The van der Waals surface area contributed by atoms with Crippen molar-refractivity contribution >= 4 is 40.2 Å². The van der Waals surface area contributed by atoms with E-state index in [9.17, 15) is 9.59 Å². The summed E-state index contributed by atoms with van der Waals surface area (Å²) in [4.78, 5) is 39.4. The zero-order valence-electron chi connectivity index (χ0n) is 17.8. The number of para-hydroxylation sites is 2. The number of aromatic nitrogens is 3. The van der Waals surface area contributed by atoms with E-state index < -0.39 is 0 Å². The fourth-order valence-electron chi connectivity index (χ4n) is 3.48. The molecule has 3 N–H and O–H groups in total. The Balaban J connectivity index is 2.06. The largest absolute Gasteiger partial charge is 0.495 e. The van der Waals surface area contributed by atoms with Crippen molar-refractivity contribution in [2.24, 2.45) is 0 Å². The van der Waals surface area contributed by atoms with Crippen LogP contribution in [0, 0.1) is 0 Å². The van der Waals surface area contributed by atoms with Crippen LogP contribution in [0.25, 0.3) is 11.0 Å². The van der Waals surface area contributed by atoms with E-state index >= 15 is 0 Å². The lowest BCUT2D eigenvalue weighted by molar-refractivity contribution is 0.0953. The Kier molecular flexibility index (Phi) is 5.71. The van der Waals surface area contributed by atoms with Crippen LogP contribution in [-0.2, 0) is 0 Å². The van der Waals surface area contributed by atoms with Crippen molar-refractivity contribution in [1.82, 2.24) is 25.6 Å². The second-order valence-corrected chi connectivity index (χ2v) is 6.80. The van der Waals surface area contributed by atoms with Crippen molar-refractivity contribution in [1.29, 1.82) is 0 Å². The predicted molar refractivity (Wildman–Crippen MR) is 122 cm³/mol. The minimum absolute atomic E-state index is 0.208. The number of methoxy groups -OCH3 is 1. The van der Waals surface area contributed by atoms with Gasteiger partial charge in [-0.05, 0) is 30.3 Å². The van der Waals surface area contributed by atoms with Crippen LogP contribution >= 0.6 is 0 Å². The van der Waals surface area contributed by atoms with Gasteiger partial charge in [-0.3, -0.25) is 14.5 Å². The van der Waals surface area contributed by atoms with Crippen LogP contribution in [0.2, 0.25) is 0 Å². The molecule has 0 aliphatic heterocycles. The van der Waals surface area contributed by atoms with Crippen LogP contribution in [-0.4, -0.2) is 48.0 Å². The zero-order valence-corrected chi connectivity index (χ0v) is 17.8. The van der Waals surface area contributed by atoms with Crippen molar-refractivity contribution < 1.29 is 14.3 Å². The maximum atomic E-state index is 12.8. The van der Waals surface area contributed by atoms with Gasteiger partial charge in [0.15, 0.2) is 0 Å². The van der Waals surface area contributed by atoms with E-state index in [1.807, 2.05) is 30.3 Å². The predicted octanol–water partition coefficient (Wildman–Crippen LogP) is 3.16. The van der Waals surface area contributed by atoms with E-state index in [-0.39, 0.29) is 23.5 Å². The molecule has 2 aromatic heterocycles. The van der Waals surface area contributed by atoms with Crippen LogP contribution in [0.15, 0.2) is 60.8 Å². The van der Waals surface area contributed by atoms with Gasteiger partial charge >= 0.3 is 0 Å². The summed E-state index contributed by atoms with van der Waals surface area (Å²) in [6.45, 7) is 0. The normalized spacial score (nSPS) is 10.6. The molecule has 2 amide bonds. The summed E-state index contributed by atoms with van der Waals surface area (Å²) in [7, 11) is 4.63. The fourth-order valence-corrected chi connectivity index (χ4v) is 3.48. The van der Waals surface area contributed by atoms with Crippen molar-refractivity contribution in [3.05, 3.63) is 72.1 Å². The molecule has 0 atom stereocenters. The molecule has 0 saturated heterocycles. The fraction of sp³-hybridized carbons (Fsp3) is 0.130. The van der Waals surface area contributed by atoms with Gasteiger partial charge in [-0.2, -0.15) is 4.98 Å². The molecule has 162 valence electrons. The lowest BCUT2D eigenvalue weighted by atomic mass is 10.1. The van der Waals surface area contributed by atoms with Gasteiger partial charge in [0, 0.05) is 26.0 Å². The summed E-state index contributed by atoms with van der Waals surface area (Å²) < 4.78 is 5.61. The monoisotopic (exact) mass is 430 g/mol. The summed E-state index contributed by atoms with van der Waals surface area (Å²) in [5.41, 5.74) is 2.22. The molecule has 0 radical (unpaired) electrons. The number of anilines is 3. The molecule has 0 unspecified atom stereocenters. The number of rotatable bonds is 6. The summed E-state index contributed by atoms with van der Waals surface area (Å²) in [6.07, 6.45) is 1.70. The molecule has 0 bridgehead atoms. The Hall–Kier alpha value is -4.40. The Morgan fingerprint density at radius 1 is 0.938 bits per heavy atom. The number of aromatic amines is 1. The van der Waals surface area contributed by atoms with Gasteiger partial charge in [0.2, 0.25) is 5.95 Å². The number of amides is 2. The van der Waals surface area contributed by atoms with Gasteiger partial charge in [-0.25, -0.2) is 4.98 Å². The number of nitrogens with one attached hydrogen (secondary N) is 3. The molecule has 4 rings (SSSR count). The molecule has 0 aliphatic rings. The lowest BCUT2D eigenvalue weighted by Crippen LogP contribution is -2.25. The second kappa shape index (κ2) is 8.76. The van der Waals surface area contributed by atoms with Crippen LogP contribution in [0.1, 0.15) is 20.8 Å². The number of carbonyl (C=O) groups is 2. The molecule has 9 heteroatoms. The van der Waals surface area contributed by atoms with Gasteiger partial charge < -0.3 is 20.4 Å². The molecule has 0 aliphatic carbocycles. The van der Waals surface area contributed by atoms with E-state index in [0.29, 0.717) is 33.7 Å². The van der Waals surface area contributed by atoms with E-state index in [1.165, 1.54) is 7.11 Å². The molecule has 2 heterocycles. The van der Waals surface area contributed by atoms with Gasteiger partial charge in [-0.15, -0.1) is 0 Å². The SMILES string of the molecule is CNC(=O)c1cccc(OC)c1N(c1ccccc1)c1nc(C(=O)NC)c2cc[nH]c2n1. The molecular weight excluding hydrogens is 408 g/mol. The molecule has 0 saturated carbocycles. The number of carbonyl (C=O) groups excluding carboxylic acids is 2. The number of benzene rings is 2. The third-order valence-electron chi connectivity index (χ3n) is 4.97. The number of fused-ring (bicyclic) bond motifs is 1. The Morgan fingerprint density at radius 2 is 1.69 bits per heavy atom. The maximum absolute atomic E-state index is 12.8. The average Bonchev–Trinajstić information content (AvgIpc) is 3.32. The molecule has 4 aromatic rings. The third-order valence-corrected chi connectivity index (χ3v) is 4.97. The summed E-state index contributed by atoms with van der Waals surface area (Å²) in [5, 5.41) is 5.87. The quantitative estimate of drug-likeness (QED) is 0.433. The van der Waals surface area contributed by atoms with Crippen LogP contribution < -0.4 is 20.3 Å². The van der Waals surface area contributed by atoms with Crippen LogP contribution in [0.3, 0.4) is 0 Å². The van der Waals surface area contributed by atoms with Crippen LogP contribution in [0.5, 0.6) is 5.75 Å². The third kappa shape index (κ3) is 3.60. The number of H-pyrrole nitrogens is 1. The van der Waals surface area contributed by atoms with Crippen LogP contribution in [0.4, 0.5) is 17.3 Å². The summed E-state index contributed by atoms with van der Waals surface area (Å²) in [6, 6.07) is 16.3. The van der Waals surface area contributed by atoms with E-state index in [1.54, 1.807) is 49.5 Å². The van der Waals surface area contributed by atoms with Crippen molar-refractivity contribution in [3.8, 4) is 5.75 Å². The number of ether oxygens (including phenoxy) is 1. The second-order valence-electron chi connectivity index (χ2n) is 6.80. The smallest absolute Gasteiger partial charge is 0.270 e. The first-order valence-electron chi connectivity index (χ1n) is 9.90. The van der Waals surface area contributed by atoms with Gasteiger partial charge in [0.05, 0.1) is 18.1 Å². The first kappa shape index (κ1) is 20.9. The molecule has 9 nitrogen and oxygen atoms in total. The van der Waals surface area contributed by atoms with Crippen molar-refractivity contribution in [2.45, 2.75) is 0 Å². The summed E-state index contributed by atoms with van der Waals surface area (Å²) in [5.74, 6) is 0.0103. The van der Waals surface area contributed by atoms with Gasteiger partial charge in [-0.1, -0.05) is 24.3 Å². The van der Waals surface area contributed by atoms with E-state index in [2.05, 4.69) is 25.6 Å². The maximum Gasteiger partial charge on any atom is 0.270 e. The topological polar surface area (TPSA) is 112 Å². The minimum Gasteiger partial charge on any atom is -0.495 e. The Bertz CT molecular complexity index is 1290. The molecular formula is C23H22N6O3. The highest BCUT2D eigenvalue weighted by Gasteiger charge is 2.27. The molecule has 2 aromatic carbocycles. The number of hydrogen-bond acceptors (Lipinski definition) is 6. The Labute approximate surface area is 184 Å². The zero-order chi connectivity index (χ0) is 22.7. The molecule has 0 fully saturated rings. The molecule has 32 heavy (non-hydrogen) atoms. The first-order chi connectivity index (χ1) is 15.6. The van der Waals surface area contributed by atoms with Gasteiger partial charge in [0.1, 0.15) is 22.8 Å². The number of nitrogens with zero attached hydrogens (tertiary/aromatic N) is 3. The number of hydrogen-bond donors (Lipinski definition) is 3. The standard InChI is InChI=1S/C23H22N6O3/c1-24-21(30)16-10-7-11-17(32-3)19(16)29(14-8-5-4-6-9-14)23-27-18(22(31)25-2)15-12-13-26-20(15)28-23/h4-13H,1-3H3,(H,24,30)(H,25,31)(H,26,27,28).